The molecular weight excluding hydrogens is 752 g/mol. The zero-order chi connectivity index (χ0) is 41.9. The predicted molar refractivity (Wildman–Crippen MR) is 213 cm³/mol. The lowest BCUT2D eigenvalue weighted by atomic mass is 10.0. The zero-order valence-corrected chi connectivity index (χ0v) is 34.1. The van der Waals surface area contributed by atoms with E-state index in [1.165, 1.54) is 0 Å². The molecule has 0 saturated carbocycles. The number of rotatable bonds is 24. The SMILES string of the molecule is CCCC(=O)OCC(C)CNCCCOc1cccc2c1CCC(=O)N2OC(=O)C(=O)ON1C(=O)CCc2c(OCCCNCC(C)COC(=O)CCC)cccc21. The summed E-state index contributed by atoms with van der Waals surface area (Å²) in [7, 11) is 0. The van der Waals surface area contributed by atoms with E-state index in [2.05, 4.69) is 10.6 Å². The van der Waals surface area contributed by atoms with Crippen LogP contribution in [0.2, 0.25) is 0 Å². The van der Waals surface area contributed by atoms with Crippen molar-refractivity contribution in [2.75, 3.05) is 62.7 Å². The lowest BCUT2D eigenvalue weighted by Crippen LogP contribution is -2.43. The first-order valence-corrected chi connectivity index (χ1v) is 20.3. The molecule has 2 aromatic rings. The normalized spacial score (nSPS) is 14.5. The van der Waals surface area contributed by atoms with Crippen LogP contribution in [0.4, 0.5) is 11.4 Å². The molecule has 2 amide bonds. The van der Waals surface area contributed by atoms with E-state index in [4.69, 9.17) is 28.6 Å². The van der Waals surface area contributed by atoms with Gasteiger partial charge in [0.15, 0.2) is 0 Å². The number of amides is 2. The molecule has 0 radical (unpaired) electrons. The van der Waals surface area contributed by atoms with Crippen LogP contribution in [-0.4, -0.2) is 88.3 Å². The Labute approximate surface area is 340 Å². The Bertz CT molecular complexity index is 1600. The van der Waals surface area contributed by atoms with Crippen LogP contribution < -0.4 is 30.2 Å². The van der Waals surface area contributed by atoms with Gasteiger partial charge in [-0.25, -0.2) is 9.59 Å². The molecule has 0 aliphatic carbocycles. The Morgan fingerprint density at radius 3 is 1.45 bits per heavy atom. The van der Waals surface area contributed by atoms with Crippen molar-refractivity contribution >= 4 is 47.1 Å². The first-order valence-electron chi connectivity index (χ1n) is 20.3. The minimum atomic E-state index is -1.48. The molecule has 4 rings (SSSR count). The van der Waals surface area contributed by atoms with Crippen molar-refractivity contribution in [1.82, 2.24) is 10.6 Å². The van der Waals surface area contributed by atoms with Crippen LogP contribution in [0, 0.1) is 11.8 Å². The average molecular weight is 811 g/mol. The third kappa shape index (κ3) is 14.0. The van der Waals surface area contributed by atoms with Crippen LogP contribution in [0.15, 0.2) is 36.4 Å². The standard InChI is InChI=1S/C42H58N4O12/c1-5-11-39(49)55-27-29(3)25-43-21-9-23-53-35-15-7-13-33-31(35)17-19-37(47)45(33)57-41(51)42(52)58-46-34-14-8-16-36(32(34)18-20-38(46)48)54-24-10-22-44-26-30(4)28-56-40(50)12-6-2/h7-8,13-16,29-30,43-44H,5-6,9-12,17-28H2,1-4H3. The Hall–Kier alpha value is -5.22. The van der Waals surface area contributed by atoms with E-state index in [0.717, 1.165) is 23.0 Å². The minimum absolute atomic E-state index is 0.00414. The molecule has 2 heterocycles. The van der Waals surface area contributed by atoms with Crippen molar-refractivity contribution < 1.29 is 57.4 Å². The zero-order valence-electron chi connectivity index (χ0n) is 34.1. The second-order valence-corrected chi connectivity index (χ2v) is 14.5. The predicted octanol–water partition coefficient (Wildman–Crippen LogP) is 4.54. The quantitative estimate of drug-likeness (QED) is 0.0855. The lowest BCUT2D eigenvalue weighted by molar-refractivity contribution is -0.172. The summed E-state index contributed by atoms with van der Waals surface area (Å²) in [5, 5.41) is 8.19. The molecule has 2 unspecified atom stereocenters. The van der Waals surface area contributed by atoms with E-state index in [9.17, 15) is 28.8 Å². The van der Waals surface area contributed by atoms with Gasteiger partial charge in [0.2, 0.25) is 0 Å². The van der Waals surface area contributed by atoms with Crippen LogP contribution in [0.25, 0.3) is 0 Å². The molecule has 0 bridgehead atoms. The highest BCUT2D eigenvalue weighted by Gasteiger charge is 2.36. The highest BCUT2D eigenvalue weighted by Crippen LogP contribution is 2.37. The number of esters is 2. The molecule has 0 spiro atoms. The van der Waals surface area contributed by atoms with Gasteiger partial charge in [0.05, 0.1) is 37.8 Å². The summed E-state index contributed by atoms with van der Waals surface area (Å²) in [6.07, 6.45) is 4.39. The monoisotopic (exact) mass is 810 g/mol. The largest absolute Gasteiger partial charge is 0.493 e. The fourth-order valence-electron chi connectivity index (χ4n) is 6.23. The van der Waals surface area contributed by atoms with Gasteiger partial charge >= 0.3 is 23.9 Å². The van der Waals surface area contributed by atoms with Gasteiger partial charge in [-0.05, 0) is 75.9 Å². The first-order chi connectivity index (χ1) is 28.0. The number of carbonyl (C=O) groups excluding carboxylic acids is 6. The topological polar surface area (TPSA) is 188 Å². The summed E-state index contributed by atoms with van der Waals surface area (Å²) >= 11 is 0. The van der Waals surface area contributed by atoms with Crippen molar-refractivity contribution in [3.05, 3.63) is 47.5 Å². The van der Waals surface area contributed by atoms with Crippen molar-refractivity contribution in [3.63, 3.8) is 0 Å². The van der Waals surface area contributed by atoms with E-state index in [1.54, 1.807) is 36.4 Å². The maximum atomic E-state index is 13.1. The van der Waals surface area contributed by atoms with E-state index >= 15 is 0 Å². The van der Waals surface area contributed by atoms with Gasteiger partial charge in [-0.1, -0.05) is 39.8 Å². The number of hydroxylamine groups is 2. The van der Waals surface area contributed by atoms with E-state index < -0.39 is 23.8 Å². The van der Waals surface area contributed by atoms with Crippen molar-refractivity contribution in [2.24, 2.45) is 11.8 Å². The molecule has 58 heavy (non-hydrogen) atoms. The number of benzene rings is 2. The van der Waals surface area contributed by atoms with Gasteiger partial charge in [0, 0.05) is 61.7 Å². The number of fused-ring (bicyclic) bond motifs is 2. The number of hydrogen-bond donors (Lipinski definition) is 2. The number of nitrogens with zero attached hydrogens (tertiary/aromatic N) is 2. The van der Waals surface area contributed by atoms with Crippen LogP contribution in [0.3, 0.4) is 0 Å². The van der Waals surface area contributed by atoms with E-state index in [1.807, 2.05) is 27.7 Å². The number of nitrogens with one attached hydrogen (secondary N) is 2. The Morgan fingerprint density at radius 1 is 0.638 bits per heavy atom. The molecule has 0 aromatic heterocycles. The summed E-state index contributed by atoms with van der Waals surface area (Å²) in [5.41, 5.74) is 1.81. The third-order valence-electron chi connectivity index (χ3n) is 9.26. The van der Waals surface area contributed by atoms with Gasteiger partial charge in [-0.3, -0.25) is 19.2 Å². The summed E-state index contributed by atoms with van der Waals surface area (Å²) in [6, 6.07) is 10.0. The molecule has 16 heteroatoms. The molecular formula is C42H58N4O12. The summed E-state index contributed by atoms with van der Waals surface area (Å²) in [6.45, 7) is 12.0. The number of carbonyl (C=O) groups is 6. The second-order valence-electron chi connectivity index (χ2n) is 14.5. The van der Waals surface area contributed by atoms with Crippen LogP contribution in [0.5, 0.6) is 11.5 Å². The summed E-state index contributed by atoms with van der Waals surface area (Å²) < 4.78 is 22.6. The molecule has 2 aliphatic rings. The maximum absolute atomic E-state index is 13.1. The van der Waals surface area contributed by atoms with E-state index in [0.29, 0.717) is 114 Å². The van der Waals surface area contributed by atoms with Crippen molar-refractivity contribution in [1.29, 1.82) is 0 Å². The third-order valence-corrected chi connectivity index (χ3v) is 9.26. The Balaban J connectivity index is 1.25. The molecule has 2 aliphatic heterocycles. The molecule has 2 aromatic carbocycles. The molecule has 318 valence electrons. The summed E-state index contributed by atoms with van der Waals surface area (Å²) in [4.78, 5) is 85.7. The van der Waals surface area contributed by atoms with Crippen LogP contribution in [0.1, 0.15) is 90.2 Å². The number of hydrogen-bond acceptors (Lipinski definition) is 14. The average Bonchev–Trinajstić information content (AvgIpc) is 3.21. The van der Waals surface area contributed by atoms with Gasteiger partial charge in [0.1, 0.15) is 11.5 Å². The maximum Gasteiger partial charge on any atom is 0.444 e. The van der Waals surface area contributed by atoms with Crippen LogP contribution >= 0.6 is 0 Å². The molecule has 0 saturated heterocycles. The van der Waals surface area contributed by atoms with Gasteiger partial charge in [-0.15, -0.1) is 10.1 Å². The van der Waals surface area contributed by atoms with E-state index in [-0.39, 0.29) is 48.0 Å². The minimum Gasteiger partial charge on any atom is -0.493 e. The fourth-order valence-corrected chi connectivity index (χ4v) is 6.23. The van der Waals surface area contributed by atoms with Crippen LogP contribution in [-0.2, 0) is 60.8 Å². The smallest absolute Gasteiger partial charge is 0.444 e. The highest BCUT2D eigenvalue weighted by molar-refractivity contribution is 6.31. The number of ether oxygens (including phenoxy) is 4. The van der Waals surface area contributed by atoms with Gasteiger partial charge in [0.25, 0.3) is 11.8 Å². The van der Waals surface area contributed by atoms with Crippen molar-refractivity contribution in [3.8, 4) is 11.5 Å². The highest BCUT2D eigenvalue weighted by atomic mass is 16.8. The summed E-state index contributed by atoms with van der Waals surface area (Å²) in [5.74, 6) is -3.05. The Kier molecular flexibility index (Phi) is 18.7. The van der Waals surface area contributed by atoms with Crippen molar-refractivity contribution in [2.45, 2.75) is 91.9 Å². The number of anilines is 2. The van der Waals surface area contributed by atoms with Gasteiger partial charge in [-0.2, -0.15) is 0 Å². The lowest BCUT2D eigenvalue weighted by Gasteiger charge is -2.30. The molecule has 0 fully saturated rings. The van der Waals surface area contributed by atoms with Gasteiger partial charge < -0.3 is 39.3 Å². The molecule has 2 N–H and O–H groups in total. The Morgan fingerprint density at radius 2 is 1.05 bits per heavy atom. The first kappa shape index (κ1) is 45.5. The second kappa shape index (κ2) is 23.9. The molecule has 16 nitrogen and oxygen atoms in total. The molecule has 2 atom stereocenters. The fraction of sp³-hybridized carbons (Fsp3) is 0.571.